The van der Waals surface area contributed by atoms with E-state index in [1.807, 2.05) is 36.4 Å². The Morgan fingerprint density at radius 1 is 1.08 bits per heavy atom. The highest BCUT2D eigenvalue weighted by atomic mass is 16.5. The number of rotatable bonds is 6. The van der Waals surface area contributed by atoms with E-state index in [-0.39, 0.29) is 12.0 Å². The molecule has 1 atom stereocenters. The Morgan fingerprint density at radius 3 is 2.21 bits per heavy atom. The van der Waals surface area contributed by atoms with Crippen LogP contribution in [0, 0.1) is 0 Å². The van der Waals surface area contributed by atoms with Crippen LogP contribution in [0.15, 0.2) is 48.5 Å². The molecule has 0 aliphatic rings. The summed E-state index contributed by atoms with van der Waals surface area (Å²) in [7, 11) is 1.43. The van der Waals surface area contributed by atoms with E-state index < -0.39 is 0 Å². The Bertz CT molecular complexity index is 807. The lowest BCUT2D eigenvalue weighted by atomic mass is 10.0. The van der Waals surface area contributed by atoms with Gasteiger partial charge < -0.3 is 10.1 Å². The zero-order valence-corrected chi connectivity index (χ0v) is 14.1. The molecule has 2 aromatic carbocycles. The van der Waals surface area contributed by atoms with Crippen molar-refractivity contribution < 1.29 is 9.53 Å². The smallest absolute Gasteiger partial charge is 0.307 e. The summed E-state index contributed by atoms with van der Waals surface area (Å²) in [4.78, 5) is 16.5. The number of methoxy groups -OCH3 is 1. The summed E-state index contributed by atoms with van der Waals surface area (Å²) in [5.74, 6) is -0.191. The van der Waals surface area contributed by atoms with Crippen LogP contribution in [0.4, 0.5) is 5.69 Å². The number of nitrogens with one attached hydrogen (secondary N) is 1. The van der Waals surface area contributed by atoms with Crippen LogP contribution >= 0.6 is 0 Å². The number of pyridine rings is 1. The van der Waals surface area contributed by atoms with Crippen molar-refractivity contribution in [3.63, 3.8) is 0 Å². The van der Waals surface area contributed by atoms with Crippen LogP contribution in [0.2, 0.25) is 0 Å². The zero-order chi connectivity index (χ0) is 16.9. The van der Waals surface area contributed by atoms with Crippen LogP contribution in [0.5, 0.6) is 0 Å². The van der Waals surface area contributed by atoms with Gasteiger partial charge in [-0.1, -0.05) is 49.7 Å². The summed E-state index contributed by atoms with van der Waals surface area (Å²) in [5, 5.41) is 5.73. The molecule has 0 amide bonds. The summed E-state index contributed by atoms with van der Waals surface area (Å²) in [5.41, 5.74) is 2.94. The molecule has 3 rings (SSSR count). The number of esters is 1. The first-order valence-corrected chi connectivity index (χ1v) is 8.33. The molecule has 0 fully saturated rings. The molecule has 0 bridgehead atoms. The van der Waals surface area contributed by atoms with Gasteiger partial charge in [0.2, 0.25) is 0 Å². The zero-order valence-electron chi connectivity index (χ0n) is 14.1. The number of benzene rings is 2. The van der Waals surface area contributed by atoms with Crippen molar-refractivity contribution in [2.24, 2.45) is 0 Å². The monoisotopic (exact) mass is 322 g/mol. The molecular weight excluding hydrogens is 300 g/mol. The standard InChI is InChI=1S/C20H22N2O2/c1-3-8-14(13-19(23)24-2)21-20-15-9-4-6-11-17(15)22-18-12-7-5-10-16(18)20/h4-7,9-12,14H,3,8,13H2,1-2H3,(H,21,22). The minimum absolute atomic E-state index is 0.0386. The lowest BCUT2D eigenvalue weighted by Crippen LogP contribution is -2.24. The van der Waals surface area contributed by atoms with Crippen LogP contribution in [-0.4, -0.2) is 24.1 Å². The van der Waals surface area contributed by atoms with Gasteiger partial charge in [-0.15, -0.1) is 0 Å². The van der Waals surface area contributed by atoms with E-state index in [0.717, 1.165) is 40.3 Å². The first-order chi connectivity index (χ1) is 11.7. The third kappa shape index (κ3) is 3.32. The largest absolute Gasteiger partial charge is 0.469 e. The van der Waals surface area contributed by atoms with Crippen molar-refractivity contribution in [2.75, 3.05) is 12.4 Å². The van der Waals surface area contributed by atoms with Gasteiger partial charge in [-0.05, 0) is 18.6 Å². The van der Waals surface area contributed by atoms with Crippen molar-refractivity contribution in [1.29, 1.82) is 0 Å². The molecule has 0 saturated heterocycles. The van der Waals surface area contributed by atoms with Crippen LogP contribution in [0.1, 0.15) is 26.2 Å². The fourth-order valence-electron chi connectivity index (χ4n) is 3.06. The molecule has 0 aliphatic heterocycles. The van der Waals surface area contributed by atoms with Gasteiger partial charge in [-0.2, -0.15) is 0 Å². The number of carbonyl (C=O) groups is 1. The highest BCUT2D eigenvalue weighted by molar-refractivity contribution is 6.07. The fraction of sp³-hybridized carbons (Fsp3) is 0.300. The van der Waals surface area contributed by atoms with Crippen LogP contribution in [-0.2, 0) is 9.53 Å². The van der Waals surface area contributed by atoms with Crippen molar-refractivity contribution >= 4 is 33.5 Å². The summed E-state index contributed by atoms with van der Waals surface area (Å²) in [6.07, 6.45) is 2.25. The highest BCUT2D eigenvalue weighted by Gasteiger charge is 2.16. The van der Waals surface area contributed by atoms with Gasteiger partial charge in [0, 0.05) is 16.8 Å². The van der Waals surface area contributed by atoms with Crippen molar-refractivity contribution in [1.82, 2.24) is 4.98 Å². The number of aromatic nitrogens is 1. The topological polar surface area (TPSA) is 51.2 Å². The number of fused-ring (bicyclic) bond motifs is 2. The predicted octanol–water partition coefficient (Wildman–Crippen LogP) is 4.53. The lowest BCUT2D eigenvalue weighted by Gasteiger charge is -2.21. The third-order valence-corrected chi connectivity index (χ3v) is 4.21. The van der Waals surface area contributed by atoms with E-state index in [1.165, 1.54) is 7.11 Å². The van der Waals surface area contributed by atoms with E-state index in [0.29, 0.717) is 6.42 Å². The molecule has 1 aromatic heterocycles. The maximum Gasteiger partial charge on any atom is 0.307 e. The summed E-state index contributed by atoms with van der Waals surface area (Å²) >= 11 is 0. The van der Waals surface area contributed by atoms with E-state index in [2.05, 4.69) is 24.4 Å². The number of para-hydroxylation sites is 2. The molecule has 3 aromatic rings. The van der Waals surface area contributed by atoms with Gasteiger partial charge in [-0.25, -0.2) is 4.98 Å². The van der Waals surface area contributed by atoms with Crippen LogP contribution in [0.3, 0.4) is 0 Å². The molecule has 0 spiro atoms. The van der Waals surface area contributed by atoms with Crippen LogP contribution in [0.25, 0.3) is 21.8 Å². The summed E-state index contributed by atoms with van der Waals surface area (Å²) in [6, 6.07) is 16.2. The maximum atomic E-state index is 11.7. The minimum atomic E-state index is -0.191. The SMILES string of the molecule is CCCC(CC(=O)OC)Nc1c2ccccc2nc2ccccc12. The second kappa shape index (κ2) is 7.30. The average Bonchev–Trinajstić information content (AvgIpc) is 2.61. The normalized spacial score (nSPS) is 12.2. The first-order valence-electron chi connectivity index (χ1n) is 8.33. The summed E-state index contributed by atoms with van der Waals surface area (Å²) < 4.78 is 4.85. The summed E-state index contributed by atoms with van der Waals surface area (Å²) in [6.45, 7) is 2.12. The maximum absolute atomic E-state index is 11.7. The van der Waals surface area contributed by atoms with Gasteiger partial charge in [0.05, 0.1) is 30.3 Å². The molecule has 124 valence electrons. The predicted molar refractivity (Wildman–Crippen MR) is 98.2 cm³/mol. The minimum Gasteiger partial charge on any atom is -0.469 e. The van der Waals surface area contributed by atoms with Gasteiger partial charge in [0.25, 0.3) is 0 Å². The Kier molecular flexibility index (Phi) is 4.94. The van der Waals surface area contributed by atoms with E-state index >= 15 is 0 Å². The van der Waals surface area contributed by atoms with Gasteiger partial charge >= 0.3 is 5.97 Å². The molecular formula is C20H22N2O2. The fourth-order valence-corrected chi connectivity index (χ4v) is 3.06. The molecule has 4 heteroatoms. The van der Waals surface area contributed by atoms with Crippen molar-refractivity contribution in [3.8, 4) is 0 Å². The highest BCUT2D eigenvalue weighted by Crippen LogP contribution is 2.31. The number of hydrogen-bond donors (Lipinski definition) is 1. The molecule has 4 nitrogen and oxygen atoms in total. The molecule has 1 N–H and O–H groups in total. The molecule has 24 heavy (non-hydrogen) atoms. The Labute approximate surface area is 141 Å². The molecule has 0 saturated carbocycles. The van der Waals surface area contributed by atoms with Gasteiger partial charge in [0.15, 0.2) is 0 Å². The Balaban J connectivity index is 2.09. The third-order valence-electron chi connectivity index (χ3n) is 4.21. The number of carbonyl (C=O) groups excluding carboxylic acids is 1. The number of hydrogen-bond acceptors (Lipinski definition) is 4. The van der Waals surface area contributed by atoms with Crippen molar-refractivity contribution in [3.05, 3.63) is 48.5 Å². The first kappa shape index (κ1) is 16.2. The average molecular weight is 322 g/mol. The van der Waals surface area contributed by atoms with Crippen molar-refractivity contribution in [2.45, 2.75) is 32.2 Å². The molecule has 0 radical (unpaired) electrons. The van der Waals surface area contributed by atoms with E-state index in [1.54, 1.807) is 0 Å². The van der Waals surface area contributed by atoms with Gasteiger partial charge in [-0.3, -0.25) is 4.79 Å². The molecule has 0 aliphatic carbocycles. The van der Waals surface area contributed by atoms with Crippen LogP contribution < -0.4 is 5.32 Å². The Hall–Kier alpha value is -2.62. The van der Waals surface area contributed by atoms with Gasteiger partial charge in [0.1, 0.15) is 0 Å². The number of anilines is 1. The van der Waals surface area contributed by atoms with E-state index in [4.69, 9.17) is 9.72 Å². The molecule has 1 heterocycles. The van der Waals surface area contributed by atoms with E-state index in [9.17, 15) is 4.79 Å². The second-order valence-electron chi connectivity index (χ2n) is 5.93. The number of ether oxygens (including phenoxy) is 1. The number of nitrogens with zero attached hydrogens (tertiary/aromatic N) is 1. The lowest BCUT2D eigenvalue weighted by molar-refractivity contribution is -0.140. The quantitative estimate of drug-likeness (QED) is 0.535. The molecule has 1 unspecified atom stereocenters. The second-order valence-corrected chi connectivity index (χ2v) is 5.93. The Morgan fingerprint density at radius 2 is 1.67 bits per heavy atom.